The summed E-state index contributed by atoms with van der Waals surface area (Å²) in [6, 6.07) is 2.91. The minimum atomic E-state index is -3.76. The van der Waals surface area contributed by atoms with Crippen LogP contribution in [0, 0.1) is 13.8 Å². The molecule has 0 saturated carbocycles. The Morgan fingerprint density at radius 1 is 1.33 bits per heavy atom. The van der Waals surface area contributed by atoms with Crippen LogP contribution in [0.4, 0.5) is 0 Å². The summed E-state index contributed by atoms with van der Waals surface area (Å²) in [5.41, 5.74) is 1.17. The highest BCUT2D eigenvalue weighted by atomic mass is 32.2. The molecular formula is C14H22N2O4S. The summed E-state index contributed by atoms with van der Waals surface area (Å²) in [7, 11) is -3.76. The zero-order chi connectivity index (χ0) is 16.2. The molecule has 0 fully saturated rings. The van der Waals surface area contributed by atoms with E-state index in [9.17, 15) is 13.2 Å². The average Bonchev–Trinajstić information content (AvgIpc) is 2.39. The van der Waals surface area contributed by atoms with Gasteiger partial charge in [0.1, 0.15) is 5.75 Å². The summed E-state index contributed by atoms with van der Waals surface area (Å²) in [5, 5.41) is 7.89. The van der Waals surface area contributed by atoms with Gasteiger partial charge in [-0.05, 0) is 50.5 Å². The van der Waals surface area contributed by atoms with Crippen molar-refractivity contribution >= 4 is 15.9 Å². The Kier molecular flexibility index (Phi) is 5.74. The van der Waals surface area contributed by atoms with Crippen molar-refractivity contribution in [3.05, 3.63) is 23.3 Å². The number of rotatable bonds is 6. The van der Waals surface area contributed by atoms with Crippen LogP contribution in [0.1, 0.15) is 31.4 Å². The van der Waals surface area contributed by atoms with Crippen molar-refractivity contribution in [2.75, 3.05) is 6.54 Å². The molecule has 7 heteroatoms. The fraction of sp³-hybridized carbons (Fsp3) is 0.500. The monoisotopic (exact) mass is 314 g/mol. The quantitative estimate of drug-likeness (QED) is 0.825. The number of carbonyl (C=O) groups is 1. The van der Waals surface area contributed by atoms with E-state index in [2.05, 4.69) is 5.32 Å². The first-order chi connectivity index (χ1) is 9.68. The number of amides is 1. The van der Waals surface area contributed by atoms with Crippen LogP contribution in [0.5, 0.6) is 5.75 Å². The molecule has 0 radical (unpaired) electrons. The van der Waals surface area contributed by atoms with E-state index in [4.69, 9.17) is 9.88 Å². The molecular weight excluding hydrogens is 292 g/mol. The van der Waals surface area contributed by atoms with E-state index in [0.29, 0.717) is 23.4 Å². The van der Waals surface area contributed by atoms with Gasteiger partial charge in [-0.2, -0.15) is 0 Å². The second-order valence-electron chi connectivity index (χ2n) is 4.91. The predicted octanol–water partition coefficient (Wildman–Crippen LogP) is 1.24. The molecule has 0 aliphatic carbocycles. The highest BCUT2D eigenvalue weighted by Gasteiger charge is 2.19. The number of hydrogen-bond acceptors (Lipinski definition) is 4. The highest BCUT2D eigenvalue weighted by Crippen LogP contribution is 2.27. The molecule has 1 rings (SSSR count). The van der Waals surface area contributed by atoms with E-state index in [1.54, 1.807) is 20.8 Å². The van der Waals surface area contributed by atoms with Gasteiger partial charge in [0, 0.05) is 6.54 Å². The van der Waals surface area contributed by atoms with Crippen LogP contribution in [0.25, 0.3) is 0 Å². The maximum absolute atomic E-state index is 11.8. The third-order valence-electron chi connectivity index (χ3n) is 3.22. The summed E-state index contributed by atoms with van der Waals surface area (Å²) in [6.07, 6.45) is 0.189. The number of ether oxygens (including phenoxy) is 1. The van der Waals surface area contributed by atoms with Gasteiger partial charge in [-0.15, -0.1) is 0 Å². The Balaban J connectivity index is 2.96. The molecule has 0 heterocycles. The standard InChI is InChI=1S/C14H22N2O4S/c1-5-8-16-14(17)11(4)20-12-6-7-13(21(15,18)19)10(3)9(12)2/h6-7,11H,5,8H2,1-4H3,(H,16,17)(H2,15,18,19). The van der Waals surface area contributed by atoms with E-state index in [0.717, 1.165) is 6.42 Å². The maximum Gasteiger partial charge on any atom is 0.260 e. The molecule has 0 aliphatic rings. The fourth-order valence-corrected chi connectivity index (χ4v) is 2.68. The van der Waals surface area contributed by atoms with E-state index in [1.807, 2.05) is 6.92 Å². The molecule has 1 aromatic rings. The molecule has 21 heavy (non-hydrogen) atoms. The minimum Gasteiger partial charge on any atom is -0.481 e. The van der Waals surface area contributed by atoms with E-state index >= 15 is 0 Å². The van der Waals surface area contributed by atoms with Crippen molar-refractivity contribution in [3.8, 4) is 5.75 Å². The van der Waals surface area contributed by atoms with Crippen LogP contribution in [0.15, 0.2) is 17.0 Å². The van der Waals surface area contributed by atoms with Crippen molar-refractivity contribution in [1.29, 1.82) is 0 Å². The minimum absolute atomic E-state index is 0.0652. The third kappa shape index (κ3) is 4.44. The van der Waals surface area contributed by atoms with Gasteiger partial charge in [0.2, 0.25) is 10.0 Å². The Morgan fingerprint density at radius 3 is 2.48 bits per heavy atom. The van der Waals surface area contributed by atoms with Crippen LogP contribution in [0.3, 0.4) is 0 Å². The lowest BCUT2D eigenvalue weighted by atomic mass is 10.1. The molecule has 0 spiro atoms. The topological polar surface area (TPSA) is 98.5 Å². The summed E-state index contributed by atoms with van der Waals surface area (Å²) in [5.74, 6) is 0.267. The van der Waals surface area contributed by atoms with Crippen LogP contribution in [-0.4, -0.2) is 27.0 Å². The number of primary sulfonamides is 1. The number of nitrogens with two attached hydrogens (primary N) is 1. The largest absolute Gasteiger partial charge is 0.481 e. The normalized spacial score (nSPS) is 12.8. The second-order valence-corrected chi connectivity index (χ2v) is 6.44. The Morgan fingerprint density at radius 2 is 1.95 bits per heavy atom. The molecule has 0 bridgehead atoms. The van der Waals surface area contributed by atoms with Crippen molar-refractivity contribution in [2.24, 2.45) is 5.14 Å². The number of benzene rings is 1. The SMILES string of the molecule is CCCNC(=O)C(C)Oc1ccc(S(N)(=O)=O)c(C)c1C. The predicted molar refractivity (Wildman–Crippen MR) is 80.7 cm³/mol. The highest BCUT2D eigenvalue weighted by molar-refractivity contribution is 7.89. The van der Waals surface area contributed by atoms with Crippen molar-refractivity contribution in [2.45, 2.75) is 45.1 Å². The first-order valence-corrected chi connectivity index (χ1v) is 8.30. The van der Waals surface area contributed by atoms with Crippen molar-refractivity contribution in [3.63, 3.8) is 0 Å². The summed E-state index contributed by atoms with van der Waals surface area (Å²) in [6.45, 7) is 7.59. The lowest BCUT2D eigenvalue weighted by Crippen LogP contribution is -2.36. The van der Waals surface area contributed by atoms with Gasteiger partial charge in [0.15, 0.2) is 6.10 Å². The smallest absolute Gasteiger partial charge is 0.260 e. The molecule has 1 amide bonds. The number of carbonyl (C=O) groups excluding carboxylic acids is 1. The molecule has 1 unspecified atom stereocenters. The first kappa shape index (κ1) is 17.5. The summed E-state index contributed by atoms with van der Waals surface area (Å²) >= 11 is 0. The third-order valence-corrected chi connectivity index (χ3v) is 4.27. The van der Waals surface area contributed by atoms with E-state index in [1.165, 1.54) is 12.1 Å². The van der Waals surface area contributed by atoms with Crippen molar-refractivity contribution in [1.82, 2.24) is 5.32 Å². The molecule has 1 atom stereocenters. The van der Waals surface area contributed by atoms with Gasteiger partial charge in [-0.1, -0.05) is 6.92 Å². The molecule has 1 aromatic carbocycles. The molecule has 0 aromatic heterocycles. The van der Waals surface area contributed by atoms with Gasteiger partial charge in [0.05, 0.1) is 4.90 Å². The second kappa shape index (κ2) is 6.91. The average molecular weight is 314 g/mol. The first-order valence-electron chi connectivity index (χ1n) is 6.75. The Bertz CT molecular complexity index is 626. The van der Waals surface area contributed by atoms with Crippen LogP contribution >= 0.6 is 0 Å². The van der Waals surface area contributed by atoms with Gasteiger partial charge >= 0.3 is 0 Å². The van der Waals surface area contributed by atoms with Gasteiger partial charge < -0.3 is 10.1 Å². The van der Waals surface area contributed by atoms with E-state index in [-0.39, 0.29) is 10.8 Å². The van der Waals surface area contributed by atoms with Gasteiger partial charge in [0.25, 0.3) is 5.91 Å². The number of nitrogens with one attached hydrogen (secondary N) is 1. The molecule has 0 aliphatic heterocycles. The zero-order valence-corrected chi connectivity index (χ0v) is 13.6. The van der Waals surface area contributed by atoms with E-state index < -0.39 is 16.1 Å². The molecule has 118 valence electrons. The van der Waals surface area contributed by atoms with Gasteiger partial charge in [-0.25, -0.2) is 13.6 Å². The number of hydrogen-bond donors (Lipinski definition) is 2. The fourth-order valence-electron chi connectivity index (χ4n) is 1.84. The maximum atomic E-state index is 11.8. The Labute approximate surface area is 125 Å². The zero-order valence-electron chi connectivity index (χ0n) is 12.8. The lowest BCUT2D eigenvalue weighted by Gasteiger charge is -2.18. The summed E-state index contributed by atoms with van der Waals surface area (Å²) < 4.78 is 28.5. The van der Waals surface area contributed by atoms with Crippen LogP contribution < -0.4 is 15.2 Å². The lowest BCUT2D eigenvalue weighted by molar-refractivity contribution is -0.127. The number of sulfonamides is 1. The van der Waals surface area contributed by atoms with Crippen LogP contribution in [-0.2, 0) is 14.8 Å². The molecule has 3 N–H and O–H groups in total. The van der Waals surface area contributed by atoms with Gasteiger partial charge in [-0.3, -0.25) is 4.79 Å². The Hall–Kier alpha value is -1.60. The van der Waals surface area contributed by atoms with Crippen LogP contribution in [0.2, 0.25) is 0 Å². The molecule has 0 saturated heterocycles. The van der Waals surface area contributed by atoms with Crippen molar-refractivity contribution < 1.29 is 17.9 Å². The summed E-state index contributed by atoms with van der Waals surface area (Å²) in [4.78, 5) is 11.8. The molecule has 6 nitrogen and oxygen atoms in total.